The van der Waals surface area contributed by atoms with Crippen molar-refractivity contribution >= 4 is 38.5 Å². The van der Waals surface area contributed by atoms with Gasteiger partial charge in [-0.05, 0) is 18.2 Å². The third-order valence-electron chi connectivity index (χ3n) is 3.24. The number of anilines is 1. The molecule has 1 radical (unpaired) electrons. The van der Waals surface area contributed by atoms with Crippen LogP contribution >= 0.6 is 11.3 Å². The minimum atomic E-state index is -0.507. The lowest BCUT2D eigenvalue weighted by molar-refractivity contribution is -0.127. The first-order chi connectivity index (χ1) is 9.90. The van der Waals surface area contributed by atoms with Gasteiger partial charge in [0, 0.05) is 34.1 Å². The zero-order chi connectivity index (χ0) is 15.6. The highest BCUT2D eigenvalue weighted by Gasteiger charge is 2.14. The Labute approximate surface area is 127 Å². The Bertz CT molecular complexity index is 683. The second-order valence-electron chi connectivity index (χ2n) is 4.80. The average Bonchev–Trinajstić information content (AvgIpc) is 2.87. The summed E-state index contributed by atoms with van der Waals surface area (Å²) in [6.07, 6.45) is 0. The molecule has 0 spiro atoms. The standard InChI is InChI=1S/C14H17N4O2S/c1-9(19)17(2)7-8-18(3)14-16-12-10(13(15)20)5-4-6-11(12)21-14/h5-6H,7-8H2,1-3H3,(H2,15,20). The Balaban J connectivity index is 2.21. The molecular formula is C14H17N4O2S. The van der Waals surface area contributed by atoms with Crippen LogP contribution in [0.25, 0.3) is 10.2 Å². The first kappa shape index (κ1) is 15.2. The van der Waals surface area contributed by atoms with E-state index in [1.165, 1.54) is 18.3 Å². The molecule has 0 unspecified atom stereocenters. The molecule has 0 aliphatic heterocycles. The maximum Gasteiger partial charge on any atom is 0.250 e. The highest BCUT2D eigenvalue weighted by Crippen LogP contribution is 2.29. The number of primary amides is 1. The zero-order valence-corrected chi connectivity index (χ0v) is 13.0. The van der Waals surface area contributed by atoms with Crippen LogP contribution in [0.5, 0.6) is 0 Å². The average molecular weight is 305 g/mol. The molecule has 0 saturated carbocycles. The number of amides is 2. The number of fused-ring (bicyclic) bond motifs is 1. The SMILES string of the molecule is CC(=O)N(C)CCN(C)c1nc2c(C(N)=O)c[c]cc2s1. The summed E-state index contributed by atoms with van der Waals surface area (Å²) < 4.78 is 0.869. The molecule has 2 amide bonds. The molecule has 21 heavy (non-hydrogen) atoms. The second-order valence-corrected chi connectivity index (χ2v) is 5.81. The van der Waals surface area contributed by atoms with Crippen LogP contribution in [0.15, 0.2) is 12.1 Å². The largest absolute Gasteiger partial charge is 0.366 e. The fraction of sp³-hybridized carbons (Fsp3) is 0.357. The van der Waals surface area contributed by atoms with Crippen molar-refractivity contribution in [2.75, 3.05) is 32.1 Å². The van der Waals surface area contributed by atoms with Crippen LogP contribution in [0.4, 0.5) is 5.13 Å². The Kier molecular flexibility index (Phi) is 4.42. The van der Waals surface area contributed by atoms with Crippen molar-refractivity contribution in [1.29, 1.82) is 0 Å². The molecule has 0 atom stereocenters. The Morgan fingerprint density at radius 1 is 1.33 bits per heavy atom. The molecule has 2 aromatic rings. The molecule has 2 N–H and O–H groups in total. The van der Waals surface area contributed by atoms with Crippen LogP contribution in [0.3, 0.4) is 0 Å². The Hall–Kier alpha value is -2.15. The van der Waals surface area contributed by atoms with E-state index in [1.807, 2.05) is 11.9 Å². The zero-order valence-electron chi connectivity index (χ0n) is 12.2. The van der Waals surface area contributed by atoms with E-state index < -0.39 is 5.91 Å². The van der Waals surface area contributed by atoms with Gasteiger partial charge in [0.05, 0.1) is 15.8 Å². The van der Waals surface area contributed by atoms with Crippen LogP contribution in [0.2, 0.25) is 0 Å². The minimum Gasteiger partial charge on any atom is -0.366 e. The lowest BCUT2D eigenvalue weighted by atomic mass is 10.2. The molecule has 2 rings (SSSR count). The molecule has 0 saturated heterocycles. The van der Waals surface area contributed by atoms with E-state index >= 15 is 0 Å². The molecule has 111 valence electrons. The molecule has 1 heterocycles. The number of benzene rings is 1. The van der Waals surface area contributed by atoms with E-state index in [0.717, 1.165) is 9.83 Å². The van der Waals surface area contributed by atoms with Crippen LogP contribution in [0, 0.1) is 6.07 Å². The predicted octanol–water partition coefficient (Wildman–Crippen LogP) is 1.11. The van der Waals surface area contributed by atoms with Crippen molar-refractivity contribution in [2.24, 2.45) is 5.73 Å². The van der Waals surface area contributed by atoms with E-state index in [9.17, 15) is 9.59 Å². The maximum atomic E-state index is 11.4. The Morgan fingerprint density at radius 2 is 2.05 bits per heavy atom. The fourth-order valence-corrected chi connectivity index (χ4v) is 2.74. The second kappa shape index (κ2) is 6.09. The van der Waals surface area contributed by atoms with Gasteiger partial charge >= 0.3 is 0 Å². The molecule has 7 heteroatoms. The molecule has 0 aliphatic rings. The topological polar surface area (TPSA) is 79.5 Å². The van der Waals surface area contributed by atoms with E-state index in [-0.39, 0.29) is 5.91 Å². The third-order valence-corrected chi connectivity index (χ3v) is 4.36. The van der Waals surface area contributed by atoms with Crippen molar-refractivity contribution in [3.8, 4) is 0 Å². The number of hydrogen-bond acceptors (Lipinski definition) is 5. The molecule has 1 aromatic carbocycles. The molecule has 6 nitrogen and oxygen atoms in total. The van der Waals surface area contributed by atoms with Gasteiger partial charge in [0.15, 0.2) is 5.13 Å². The summed E-state index contributed by atoms with van der Waals surface area (Å²) in [6, 6.07) is 6.24. The number of hydrogen-bond donors (Lipinski definition) is 1. The van der Waals surface area contributed by atoms with Crippen LogP contribution in [-0.4, -0.2) is 48.9 Å². The van der Waals surface area contributed by atoms with Crippen molar-refractivity contribution < 1.29 is 9.59 Å². The molecule has 0 fully saturated rings. The third kappa shape index (κ3) is 3.30. The minimum absolute atomic E-state index is 0.0262. The highest BCUT2D eigenvalue weighted by molar-refractivity contribution is 7.22. The van der Waals surface area contributed by atoms with Crippen LogP contribution < -0.4 is 10.6 Å². The van der Waals surface area contributed by atoms with Gasteiger partial charge in [0.2, 0.25) is 5.91 Å². The lowest BCUT2D eigenvalue weighted by Gasteiger charge is -2.20. The van der Waals surface area contributed by atoms with Gasteiger partial charge in [-0.1, -0.05) is 11.3 Å². The maximum absolute atomic E-state index is 11.4. The monoisotopic (exact) mass is 305 g/mol. The van der Waals surface area contributed by atoms with Gasteiger partial charge in [-0.15, -0.1) is 0 Å². The van der Waals surface area contributed by atoms with Crippen molar-refractivity contribution in [3.63, 3.8) is 0 Å². The van der Waals surface area contributed by atoms with Gasteiger partial charge in [0.1, 0.15) is 0 Å². The van der Waals surface area contributed by atoms with E-state index in [1.54, 1.807) is 24.1 Å². The highest BCUT2D eigenvalue weighted by atomic mass is 32.1. The lowest BCUT2D eigenvalue weighted by Crippen LogP contribution is -2.33. The Morgan fingerprint density at radius 3 is 2.67 bits per heavy atom. The quantitative estimate of drug-likeness (QED) is 0.897. The summed E-state index contributed by atoms with van der Waals surface area (Å²) >= 11 is 1.47. The first-order valence-electron chi connectivity index (χ1n) is 6.43. The van der Waals surface area contributed by atoms with Crippen molar-refractivity contribution in [1.82, 2.24) is 9.88 Å². The number of rotatable bonds is 5. The van der Waals surface area contributed by atoms with Gasteiger partial charge in [-0.3, -0.25) is 9.59 Å². The number of thiazole rings is 1. The number of carbonyl (C=O) groups is 2. The number of likely N-dealkylation sites (N-methyl/N-ethyl adjacent to an activating group) is 2. The summed E-state index contributed by atoms with van der Waals surface area (Å²) in [4.78, 5) is 30.7. The van der Waals surface area contributed by atoms with Gasteiger partial charge in [0.25, 0.3) is 5.91 Å². The van der Waals surface area contributed by atoms with Crippen LogP contribution in [0.1, 0.15) is 17.3 Å². The normalized spacial score (nSPS) is 10.6. The van der Waals surface area contributed by atoms with E-state index in [4.69, 9.17) is 5.73 Å². The summed E-state index contributed by atoms with van der Waals surface area (Å²) in [5.74, 6) is -0.481. The predicted molar refractivity (Wildman–Crippen MR) is 83.6 cm³/mol. The van der Waals surface area contributed by atoms with Crippen LogP contribution in [-0.2, 0) is 4.79 Å². The smallest absolute Gasteiger partial charge is 0.250 e. The number of aromatic nitrogens is 1. The fourth-order valence-electron chi connectivity index (χ4n) is 1.78. The number of nitrogens with two attached hydrogens (primary N) is 1. The van der Waals surface area contributed by atoms with Gasteiger partial charge in [-0.25, -0.2) is 4.98 Å². The molecular weight excluding hydrogens is 288 g/mol. The van der Waals surface area contributed by atoms with Crippen molar-refractivity contribution in [2.45, 2.75) is 6.92 Å². The van der Waals surface area contributed by atoms with Crippen molar-refractivity contribution in [3.05, 3.63) is 23.8 Å². The summed E-state index contributed by atoms with van der Waals surface area (Å²) in [6.45, 7) is 2.80. The van der Waals surface area contributed by atoms with Gasteiger partial charge in [-0.2, -0.15) is 0 Å². The molecule has 0 bridgehead atoms. The van der Waals surface area contributed by atoms with Gasteiger partial charge < -0.3 is 15.5 Å². The van der Waals surface area contributed by atoms with E-state index in [2.05, 4.69) is 11.1 Å². The summed E-state index contributed by atoms with van der Waals surface area (Å²) in [7, 11) is 3.66. The number of nitrogens with zero attached hydrogens (tertiary/aromatic N) is 3. The number of carbonyl (C=O) groups excluding carboxylic acids is 2. The molecule has 0 aliphatic carbocycles. The van der Waals surface area contributed by atoms with E-state index in [0.29, 0.717) is 24.2 Å². The first-order valence-corrected chi connectivity index (χ1v) is 7.25. The summed E-state index contributed by atoms with van der Waals surface area (Å²) in [5, 5.41) is 0.782. The summed E-state index contributed by atoms with van der Waals surface area (Å²) in [5.41, 5.74) is 6.33. The molecule has 1 aromatic heterocycles.